The molecule has 0 bridgehead atoms. The fraction of sp³-hybridized carbons (Fsp3) is 0. The van der Waals surface area contributed by atoms with Crippen molar-refractivity contribution in [2.24, 2.45) is 0 Å². The van der Waals surface area contributed by atoms with E-state index in [2.05, 4.69) is 10.0 Å². The molecule has 0 aromatic heterocycles. The number of nitrogens with zero attached hydrogens (tertiary/aromatic N) is 1. The van der Waals surface area contributed by atoms with Crippen molar-refractivity contribution < 1.29 is 18.1 Å². The van der Waals surface area contributed by atoms with Gasteiger partial charge in [0.05, 0.1) is 20.5 Å². The molecule has 0 atom stereocenters. The molecule has 0 heterocycles. The lowest BCUT2D eigenvalue weighted by Crippen LogP contribution is -2.16. The van der Waals surface area contributed by atoms with Crippen molar-refractivity contribution in [2.45, 2.75) is 4.90 Å². The average molecular weight is 432 g/mol. The first-order valence-corrected chi connectivity index (χ1v) is 10.1. The zero-order chi connectivity index (χ0) is 21.0. The molecule has 0 saturated carbocycles. The number of para-hydroxylation sites is 1. The number of nitro groups is 1. The third-order valence-electron chi connectivity index (χ3n) is 3.86. The van der Waals surface area contributed by atoms with E-state index in [9.17, 15) is 23.3 Å². The van der Waals surface area contributed by atoms with Crippen LogP contribution in [0, 0.1) is 10.1 Å². The van der Waals surface area contributed by atoms with Gasteiger partial charge in [-0.2, -0.15) is 0 Å². The number of carbonyl (C=O) groups excluding carboxylic acids is 1. The molecule has 0 saturated heterocycles. The smallest absolute Gasteiger partial charge is 0.269 e. The fourth-order valence-electron chi connectivity index (χ4n) is 2.42. The number of nitrogens with one attached hydrogen (secondary N) is 2. The summed E-state index contributed by atoms with van der Waals surface area (Å²) in [6, 6.07) is 17.1. The van der Waals surface area contributed by atoms with Crippen LogP contribution in [0.4, 0.5) is 17.1 Å². The number of anilines is 2. The maximum absolute atomic E-state index is 12.6. The van der Waals surface area contributed by atoms with Crippen molar-refractivity contribution in [1.29, 1.82) is 0 Å². The Morgan fingerprint density at radius 2 is 1.66 bits per heavy atom. The Hall–Kier alpha value is -3.43. The van der Waals surface area contributed by atoms with Crippen molar-refractivity contribution in [3.8, 4) is 0 Å². The first-order valence-electron chi connectivity index (χ1n) is 8.19. The van der Waals surface area contributed by atoms with Gasteiger partial charge < -0.3 is 5.32 Å². The quantitative estimate of drug-likeness (QED) is 0.445. The number of amides is 1. The minimum absolute atomic E-state index is 0.102. The lowest BCUT2D eigenvalue weighted by Gasteiger charge is -2.11. The van der Waals surface area contributed by atoms with E-state index in [1.807, 2.05) is 0 Å². The van der Waals surface area contributed by atoms with Crippen molar-refractivity contribution in [2.75, 3.05) is 10.0 Å². The van der Waals surface area contributed by atoms with Crippen LogP contribution in [-0.2, 0) is 10.0 Å². The molecule has 8 nitrogen and oxygen atoms in total. The Balaban J connectivity index is 1.80. The second-order valence-electron chi connectivity index (χ2n) is 5.87. The molecule has 0 unspecified atom stereocenters. The molecule has 1 amide bonds. The number of non-ortho nitro benzene ring substituents is 1. The minimum Gasteiger partial charge on any atom is -0.322 e. The molecule has 0 aliphatic rings. The molecule has 3 aromatic carbocycles. The van der Waals surface area contributed by atoms with Gasteiger partial charge in [-0.05, 0) is 42.5 Å². The molecule has 10 heteroatoms. The SMILES string of the molecule is O=C(Nc1ccc([N+](=O)[O-])cc1)c1cccc(S(=O)(=O)Nc2ccccc2Cl)c1. The highest BCUT2D eigenvalue weighted by atomic mass is 35.5. The summed E-state index contributed by atoms with van der Waals surface area (Å²) < 4.78 is 27.6. The molecular formula is C19H14ClN3O5S. The van der Waals surface area contributed by atoms with Crippen LogP contribution in [-0.4, -0.2) is 19.2 Å². The van der Waals surface area contributed by atoms with E-state index >= 15 is 0 Å². The molecule has 148 valence electrons. The Kier molecular flexibility index (Phi) is 5.81. The number of rotatable bonds is 6. The van der Waals surface area contributed by atoms with Crippen LogP contribution < -0.4 is 10.0 Å². The summed E-state index contributed by atoms with van der Waals surface area (Å²) in [5.74, 6) is -0.561. The molecule has 0 fully saturated rings. The molecule has 0 radical (unpaired) electrons. The summed E-state index contributed by atoms with van der Waals surface area (Å²) in [6.07, 6.45) is 0. The van der Waals surface area contributed by atoms with Gasteiger partial charge in [-0.1, -0.05) is 29.8 Å². The molecule has 0 aliphatic carbocycles. The van der Waals surface area contributed by atoms with Gasteiger partial charge in [-0.15, -0.1) is 0 Å². The number of hydrogen-bond donors (Lipinski definition) is 2. The Morgan fingerprint density at radius 3 is 2.31 bits per heavy atom. The lowest BCUT2D eigenvalue weighted by atomic mass is 10.2. The Labute approximate surface area is 171 Å². The van der Waals surface area contributed by atoms with Gasteiger partial charge in [0.2, 0.25) is 0 Å². The zero-order valence-corrected chi connectivity index (χ0v) is 16.3. The summed E-state index contributed by atoms with van der Waals surface area (Å²) >= 11 is 5.99. The molecule has 3 rings (SSSR count). The second-order valence-corrected chi connectivity index (χ2v) is 7.96. The first kappa shape index (κ1) is 20.3. The standard InChI is InChI=1S/C19H14ClN3O5S/c20-17-6-1-2-7-18(17)22-29(27,28)16-5-3-4-13(12-16)19(24)21-14-8-10-15(11-9-14)23(25)26/h1-12,22H,(H,21,24). The van der Waals surface area contributed by atoms with Crippen molar-refractivity contribution >= 4 is 44.6 Å². The largest absolute Gasteiger partial charge is 0.322 e. The van der Waals surface area contributed by atoms with Crippen LogP contribution >= 0.6 is 11.6 Å². The van der Waals surface area contributed by atoms with E-state index in [1.54, 1.807) is 18.2 Å². The van der Waals surface area contributed by atoms with Crippen LogP contribution in [0.2, 0.25) is 5.02 Å². The summed E-state index contributed by atoms with van der Waals surface area (Å²) in [5.41, 5.74) is 0.546. The molecule has 2 N–H and O–H groups in total. The number of nitro benzene ring substituents is 1. The maximum Gasteiger partial charge on any atom is 0.269 e. The highest BCUT2D eigenvalue weighted by Crippen LogP contribution is 2.24. The number of benzene rings is 3. The van der Waals surface area contributed by atoms with Crippen molar-refractivity contribution in [3.63, 3.8) is 0 Å². The van der Waals surface area contributed by atoms with Gasteiger partial charge in [0.15, 0.2) is 0 Å². The van der Waals surface area contributed by atoms with Crippen LogP contribution in [0.1, 0.15) is 10.4 Å². The Morgan fingerprint density at radius 1 is 0.966 bits per heavy atom. The number of halogens is 1. The van der Waals surface area contributed by atoms with E-state index in [4.69, 9.17) is 11.6 Å². The van der Waals surface area contributed by atoms with Crippen LogP contribution in [0.3, 0.4) is 0 Å². The molecule has 0 aliphatic heterocycles. The minimum atomic E-state index is -3.97. The predicted molar refractivity (Wildman–Crippen MR) is 110 cm³/mol. The van der Waals surface area contributed by atoms with Crippen molar-refractivity contribution in [1.82, 2.24) is 0 Å². The number of carbonyl (C=O) groups is 1. The van der Waals surface area contributed by atoms with Gasteiger partial charge in [0.1, 0.15) is 0 Å². The summed E-state index contributed by atoms with van der Waals surface area (Å²) in [5, 5.41) is 13.5. The van der Waals surface area contributed by atoms with E-state index in [-0.39, 0.29) is 26.9 Å². The average Bonchev–Trinajstić information content (AvgIpc) is 2.70. The second kappa shape index (κ2) is 8.29. The van der Waals surface area contributed by atoms with Crippen LogP contribution in [0.5, 0.6) is 0 Å². The highest BCUT2D eigenvalue weighted by molar-refractivity contribution is 7.92. The Bertz CT molecular complexity index is 1180. The van der Waals surface area contributed by atoms with Crippen molar-refractivity contribution in [3.05, 3.63) is 93.5 Å². The van der Waals surface area contributed by atoms with Gasteiger partial charge in [0, 0.05) is 23.4 Å². The first-order chi connectivity index (χ1) is 13.8. The summed E-state index contributed by atoms with van der Waals surface area (Å²) in [7, 11) is -3.97. The van der Waals surface area contributed by atoms with Gasteiger partial charge >= 0.3 is 0 Å². The van der Waals surface area contributed by atoms with Gasteiger partial charge in [-0.3, -0.25) is 19.6 Å². The maximum atomic E-state index is 12.6. The number of sulfonamides is 1. The van der Waals surface area contributed by atoms with Gasteiger partial charge in [-0.25, -0.2) is 8.42 Å². The number of hydrogen-bond acceptors (Lipinski definition) is 5. The summed E-state index contributed by atoms with van der Waals surface area (Å²) in [4.78, 5) is 22.5. The third-order valence-corrected chi connectivity index (χ3v) is 5.55. The monoisotopic (exact) mass is 431 g/mol. The van der Waals surface area contributed by atoms with E-state index in [0.717, 1.165) is 0 Å². The lowest BCUT2D eigenvalue weighted by molar-refractivity contribution is -0.384. The summed E-state index contributed by atoms with van der Waals surface area (Å²) in [6.45, 7) is 0. The normalized spacial score (nSPS) is 10.9. The molecule has 29 heavy (non-hydrogen) atoms. The van der Waals surface area contributed by atoms with Crippen LogP contribution in [0.25, 0.3) is 0 Å². The van der Waals surface area contributed by atoms with Crippen LogP contribution in [0.15, 0.2) is 77.7 Å². The zero-order valence-electron chi connectivity index (χ0n) is 14.7. The fourth-order valence-corrected chi connectivity index (χ4v) is 3.79. The topological polar surface area (TPSA) is 118 Å². The molecular weight excluding hydrogens is 418 g/mol. The van der Waals surface area contributed by atoms with Gasteiger partial charge in [0.25, 0.3) is 21.6 Å². The molecule has 3 aromatic rings. The van der Waals surface area contributed by atoms with E-state index < -0.39 is 20.9 Å². The molecule has 0 spiro atoms. The van der Waals surface area contributed by atoms with E-state index in [0.29, 0.717) is 5.69 Å². The predicted octanol–water partition coefficient (Wildman–Crippen LogP) is 4.30. The third kappa shape index (κ3) is 4.89. The van der Waals surface area contributed by atoms with E-state index in [1.165, 1.54) is 54.6 Å². The highest BCUT2D eigenvalue weighted by Gasteiger charge is 2.18.